The highest BCUT2D eigenvalue weighted by Crippen LogP contribution is 2.16. The van der Waals surface area contributed by atoms with Gasteiger partial charge >= 0.3 is 0 Å². The normalized spacial score (nSPS) is 10.1. The Bertz CT molecular complexity index is 438. The van der Waals surface area contributed by atoms with E-state index in [1.807, 2.05) is 0 Å². The lowest BCUT2D eigenvalue weighted by molar-refractivity contribution is 0.102. The van der Waals surface area contributed by atoms with E-state index in [2.05, 4.69) is 26.2 Å². The molecular formula is C8H5BrN2O2S. The molecule has 2 heterocycles. The fourth-order valence-corrected chi connectivity index (χ4v) is 1.75. The maximum absolute atomic E-state index is 11.5. The average Bonchev–Trinajstić information content (AvgIpc) is 2.75. The van der Waals surface area contributed by atoms with E-state index in [9.17, 15) is 4.79 Å². The van der Waals surface area contributed by atoms with E-state index in [4.69, 9.17) is 4.42 Å². The van der Waals surface area contributed by atoms with Crippen LogP contribution >= 0.6 is 27.3 Å². The van der Waals surface area contributed by atoms with Crippen molar-refractivity contribution < 1.29 is 9.21 Å². The third-order valence-electron chi connectivity index (χ3n) is 1.48. The third kappa shape index (κ3) is 2.02. The number of rotatable bonds is 2. The Hall–Kier alpha value is -1.14. The Morgan fingerprint density at radius 2 is 2.50 bits per heavy atom. The smallest absolute Gasteiger partial charge is 0.260 e. The van der Waals surface area contributed by atoms with Gasteiger partial charge < -0.3 is 4.42 Å². The van der Waals surface area contributed by atoms with Crippen LogP contribution in [0.5, 0.6) is 0 Å². The Morgan fingerprint density at radius 1 is 1.64 bits per heavy atom. The predicted molar refractivity (Wildman–Crippen MR) is 56.5 cm³/mol. The summed E-state index contributed by atoms with van der Waals surface area (Å²) >= 11 is 4.49. The minimum absolute atomic E-state index is 0.227. The second-order valence-corrected chi connectivity index (χ2v) is 4.11. The van der Waals surface area contributed by atoms with Crippen LogP contribution < -0.4 is 5.32 Å². The molecule has 0 radical (unpaired) electrons. The number of halogens is 1. The second kappa shape index (κ2) is 3.93. The summed E-state index contributed by atoms with van der Waals surface area (Å²) < 4.78 is 5.47. The first-order valence-electron chi connectivity index (χ1n) is 3.70. The van der Waals surface area contributed by atoms with Gasteiger partial charge in [0.2, 0.25) is 0 Å². The minimum atomic E-state index is -0.227. The summed E-state index contributed by atoms with van der Waals surface area (Å²) in [4.78, 5) is 15.4. The van der Waals surface area contributed by atoms with Crippen LogP contribution in [0.15, 0.2) is 33.0 Å². The zero-order valence-corrected chi connectivity index (χ0v) is 9.26. The number of carbonyl (C=O) groups is 1. The summed E-state index contributed by atoms with van der Waals surface area (Å²) in [6.45, 7) is 0. The summed E-state index contributed by atoms with van der Waals surface area (Å²) in [6, 6.07) is 1.60. The highest BCUT2D eigenvalue weighted by atomic mass is 79.9. The molecule has 0 bridgehead atoms. The maximum atomic E-state index is 11.5. The number of carbonyl (C=O) groups excluding carboxylic acids is 1. The van der Waals surface area contributed by atoms with Gasteiger partial charge in [-0.05, 0) is 15.9 Å². The molecule has 6 heteroatoms. The van der Waals surface area contributed by atoms with Crippen molar-refractivity contribution in [2.75, 3.05) is 5.32 Å². The molecule has 0 aromatic carbocycles. The molecule has 0 aliphatic rings. The molecule has 0 aliphatic heterocycles. The Balaban J connectivity index is 2.10. The molecule has 0 saturated carbocycles. The highest BCUT2D eigenvalue weighted by molar-refractivity contribution is 9.10. The quantitative estimate of drug-likeness (QED) is 0.915. The van der Waals surface area contributed by atoms with Crippen molar-refractivity contribution in [1.29, 1.82) is 0 Å². The lowest BCUT2D eigenvalue weighted by Crippen LogP contribution is -2.10. The molecule has 0 aliphatic carbocycles. The van der Waals surface area contributed by atoms with Gasteiger partial charge in [-0.3, -0.25) is 10.1 Å². The first-order valence-corrected chi connectivity index (χ1v) is 5.38. The van der Waals surface area contributed by atoms with E-state index in [-0.39, 0.29) is 5.91 Å². The van der Waals surface area contributed by atoms with Crippen molar-refractivity contribution in [3.8, 4) is 0 Å². The van der Waals surface area contributed by atoms with Crippen molar-refractivity contribution in [2.45, 2.75) is 0 Å². The average molecular weight is 273 g/mol. The van der Waals surface area contributed by atoms with E-state index in [0.717, 1.165) is 0 Å². The lowest BCUT2D eigenvalue weighted by atomic mass is 10.3. The third-order valence-corrected chi connectivity index (χ3v) is 2.59. The fourth-order valence-electron chi connectivity index (χ4n) is 0.884. The molecular weight excluding hydrogens is 268 g/mol. The molecule has 0 unspecified atom stereocenters. The van der Waals surface area contributed by atoms with Gasteiger partial charge in [-0.1, -0.05) is 0 Å². The minimum Gasteiger partial charge on any atom is -0.457 e. The summed E-state index contributed by atoms with van der Waals surface area (Å²) in [5.74, 6) is -0.227. The largest absolute Gasteiger partial charge is 0.457 e. The predicted octanol–water partition coefficient (Wildman–Crippen LogP) is 2.75. The fraction of sp³-hybridized carbons (Fsp3) is 0. The molecule has 1 N–H and O–H groups in total. The van der Waals surface area contributed by atoms with Crippen molar-refractivity contribution in [1.82, 2.24) is 4.98 Å². The number of thiazole rings is 1. The van der Waals surface area contributed by atoms with Gasteiger partial charge in [0.1, 0.15) is 6.26 Å². The summed E-state index contributed by atoms with van der Waals surface area (Å²) in [6.07, 6.45) is 3.01. The molecule has 2 rings (SSSR count). The number of anilines is 1. The van der Waals surface area contributed by atoms with Gasteiger partial charge in [0.25, 0.3) is 5.91 Å². The van der Waals surface area contributed by atoms with Crippen LogP contribution in [0.3, 0.4) is 0 Å². The molecule has 0 spiro atoms. The van der Waals surface area contributed by atoms with Gasteiger partial charge in [-0.15, -0.1) is 11.3 Å². The molecule has 2 aromatic heterocycles. The van der Waals surface area contributed by atoms with Crippen LogP contribution in [0, 0.1) is 0 Å². The number of nitrogens with zero attached hydrogens (tertiary/aromatic N) is 1. The Morgan fingerprint density at radius 3 is 3.07 bits per heavy atom. The summed E-state index contributed by atoms with van der Waals surface area (Å²) in [5, 5.41) is 5.01. The lowest BCUT2D eigenvalue weighted by Gasteiger charge is -1.96. The number of hydrogen-bond donors (Lipinski definition) is 1. The molecule has 0 fully saturated rings. The molecule has 0 atom stereocenters. The standard InChI is InChI=1S/C8H5BrN2O2S/c9-6-3-5(4-13-6)7(12)11-8-10-1-2-14-8/h1-4H,(H,10,11,12). The van der Waals surface area contributed by atoms with Crippen LogP contribution in [-0.4, -0.2) is 10.9 Å². The van der Waals surface area contributed by atoms with Crippen molar-refractivity contribution in [3.63, 3.8) is 0 Å². The van der Waals surface area contributed by atoms with Crippen LogP contribution in [0.2, 0.25) is 0 Å². The highest BCUT2D eigenvalue weighted by Gasteiger charge is 2.09. The monoisotopic (exact) mass is 272 g/mol. The topological polar surface area (TPSA) is 55.1 Å². The number of nitrogens with one attached hydrogen (secondary N) is 1. The number of hydrogen-bond acceptors (Lipinski definition) is 4. The van der Waals surface area contributed by atoms with Crippen LogP contribution in [0.25, 0.3) is 0 Å². The molecule has 72 valence electrons. The second-order valence-electron chi connectivity index (χ2n) is 2.43. The van der Waals surface area contributed by atoms with Crippen molar-refractivity contribution in [2.24, 2.45) is 0 Å². The molecule has 1 amide bonds. The maximum Gasteiger partial charge on any atom is 0.260 e. The molecule has 4 nitrogen and oxygen atoms in total. The van der Waals surface area contributed by atoms with E-state index < -0.39 is 0 Å². The van der Waals surface area contributed by atoms with Gasteiger partial charge in [0.15, 0.2) is 9.80 Å². The van der Waals surface area contributed by atoms with E-state index >= 15 is 0 Å². The first-order chi connectivity index (χ1) is 6.75. The van der Waals surface area contributed by atoms with Gasteiger partial charge in [0.05, 0.1) is 5.56 Å². The van der Waals surface area contributed by atoms with Crippen molar-refractivity contribution >= 4 is 38.3 Å². The number of aromatic nitrogens is 1. The number of amides is 1. The first kappa shape index (κ1) is 9.42. The SMILES string of the molecule is O=C(Nc1nccs1)c1coc(Br)c1. The summed E-state index contributed by atoms with van der Waals surface area (Å²) in [5.41, 5.74) is 0.465. The van der Waals surface area contributed by atoms with E-state index in [1.54, 1.807) is 17.6 Å². The Labute approximate surface area is 92.1 Å². The zero-order chi connectivity index (χ0) is 9.97. The van der Waals surface area contributed by atoms with Gasteiger partial charge in [0, 0.05) is 17.6 Å². The van der Waals surface area contributed by atoms with Crippen molar-refractivity contribution in [3.05, 3.63) is 34.1 Å². The van der Waals surface area contributed by atoms with Crippen LogP contribution in [0.4, 0.5) is 5.13 Å². The zero-order valence-electron chi connectivity index (χ0n) is 6.86. The van der Waals surface area contributed by atoms with Gasteiger partial charge in [-0.2, -0.15) is 0 Å². The van der Waals surface area contributed by atoms with Crippen LogP contribution in [0.1, 0.15) is 10.4 Å². The van der Waals surface area contributed by atoms with Crippen LogP contribution in [-0.2, 0) is 0 Å². The molecule has 14 heavy (non-hydrogen) atoms. The van der Waals surface area contributed by atoms with Gasteiger partial charge in [-0.25, -0.2) is 4.98 Å². The Kier molecular flexibility index (Phi) is 2.64. The molecule has 0 saturated heterocycles. The summed E-state index contributed by atoms with van der Waals surface area (Å²) in [7, 11) is 0. The van der Waals surface area contributed by atoms with E-state index in [1.165, 1.54) is 17.6 Å². The van der Waals surface area contributed by atoms with E-state index in [0.29, 0.717) is 15.4 Å². The molecule has 2 aromatic rings. The number of furan rings is 1.